The molecule has 30 heavy (non-hydrogen) atoms. The van der Waals surface area contributed by atoms with Crippen molar-refractivity contribution < 1.29 is 9.47 Å². The van der Waals surface area contributed by atoms with Gasteiger partial charge in [0.15, 0.2) is 5.82 Å². The highest BCUT2D eigenvalue weighted by molar-refractivity contribution is 7.15. The van der Waals surface area contributed by atoms with Gasteiger partial charge in [0.1, 0.15) is 11.5 Å². The molecule has 0 fully saturated rings. The van der Waals surface area contributed by atoms with Gasteiger partial charge >= 0.3 is 0 Å². The molecule has 0 aliphatic rings. The van der Waals surface area contributed by atoms with E-state index in [1.807, 2.05) is 60.7 Å². The number of nitrogens with zero attached hydrogens (tertiary/aromatic N) is 3. The lowest BCUT2D eigenvalue weighted by molar-refractivity contribution is 0.317. The van der Waals surface area contributed by atoms with Crippen LogP contribution in [0.3, 0.4) is 0 Å². The predicted octanol–water partition coefficient (Wildman–Crippen LogP) is 3.83. The van der Waals surface area contributed by atoms with Crippen LogP contribution in [0.15, 0.2) is 59.4 Å². The Morgan fingerprint density at radius 1 is 1.13 bits per heavy atom. The van der Waals surface area contributed by atoms with Gasteiger partial charge in [0.05, 0.1) is 18.2 Å². The van der Waals surface area contributed by atoms with E-state index in [2.05, 4.69) is 17.0 Å². The zero-order valence-electron chi connectivity index (χ0n) is 16.7. The molecular weight excluding hydrogens is 398 g/mol. The van der Waals surface area contributed by atoms with Gasteiger partial charge < -0.3 is 9.47 Å². The van der Waals surface area contributed by atoms with E-state index in [9.17, 15) is 4.79 Å². The number of benzene rings is 2. The van der Waals surface area contributed by atoms with Gasteiger partial charge in [-0.3, -0.25) is 4.79 Å². The summed E-state index contributed by atoms with van der Waals surface area (Å²) in [7, 11) is 1.63. The van der Waals surface area contributed by atoms with Gasteiger partial charge in [-0.2, -0.15) is 9.50 Å². The molecule has 2 aromatic heterocycles. The number of methoxy groups -OCH3 is 1. The lowest BCUT2D eigenvalue weighted by Gasteiger charge is -2.04. The third-order valence-electron chi connectivity index (χ3n) is 4.43. The maximum atomic E-state index is 12.7. The average Bonchev–Trinajstić information content (AvgIpc) is 3.32. The standard InChI is InChI=1S/C23H21N3O3S/c1-3-15-29-18-13-11-17(12-14-18)21-24-23-26(25-21)22(27)20(30-23)10-6-8-16-7-4-5-9-19(16)28-2/h4-14H,3,15H2,1-2H3/b8-6+,20-10-. The molecule has 6 nitrogen and oxygen atoms in total. The number of hydrogen-bond donors (Lipinski definition) is 0. The van der Waals surface area contributed by atoms with Crippen molar-refractivity contribution in [3.63, 3.8) is 0 Å². The van der Waals surface area contributed by atoms with Crippen LogP contribution in [0.25, 0.3) is 28.5 Å². The second kappa shape index (κ2) is 8.92. The number of thiazole rings is 1. The molecule has 152 valence electrons. The molecule has 0 atom stereocenters. The van der Waals surface area contributed by atoms with Crippen LogP contribution >= 0.6 is 11.3 Å². The molecule has 4 rings (SSSR count). The fourth-order valence-electron chi connectivity index (χ4n) is 2.93. The Hall–Kier alpha value is -3.45. The lowest BCUT2D eigenvalue weighted by Crippen LogP contribution is -2.23. The summed E-state index contributed by atoms with van der Waals surface area (Å²) in [6, 6.07) is 15.3. The van der Waals surface area contributed by atoms with Crippen molar-refractivity contribution in [2.45, 2.75) is 13.3 Å². The summed E-state index contributed by atoms with van der Waals surface area (Å²) >= 11 is 1.31. The van der Waals surface area contributed by atoms with Gasteiger partial charge in [0.2, 0.25) is 4.96 Å². The molecule has 0 aliphatic carbocycles. The first-order valence-electron chi connectivity index (χ1n) is 9.64. The van der Waals surface area contributed by atoms with Crippen molar-refractivity contribution in [3.05, 3.63) is 75.1 Å². The van der Waals surface area contributed by atoms with Crippen LogP contribution in [0.1, 0.15) is 18.9 Å². The Morgan fingerprint density at radius 3 is 2.67 bits per heavy atom. The molecule has 7 heteroatoms. The Bertz CT molecular complexity index is 1290. The third-order valence-corrected chi connectivity index (χ3v) is 5.41. The fourth-order valence-corrected chi connectivity index (χ4v) is 3.79. The summed E-state index contributed by atoms with van der Waals surface area (Å²) in [5.41, 5.74) is 1.61. The number of para-hydroxylation sites is 1. The lowest BCUT2D eigenvalue weighted by atomic mass is 10.2. The summed E-state index contributed by atoms with van der Waals surface area (Å²) in [5, 5.41) is 4.39. The van der Waals surface area contributed by atoms with E-state index in [1.165, 1.54) is 15.9 Å². The molecule has 0 bridgehead atoms. The SMILES string of the molecule is CCCOc1ccc(-c2nc3s/c(=C\C=C\c4ccccc4OC)c(=O)n3n2)cc1. The maximum Gasteiger partial charge on any atom is 0.291 e. The minimum Gasteiger partial charge on any atom is -0.496 e. The van der Waals surface area contributed by atoms with Crippen LogP contribution < -0.4 is 19.6 Å². The van der Waals surface area contributed by atoms with E-state index in [4.69, 9.17) is 9.47 Å². The monoisotopic (exact) mass is 419 g/mol. The van der Waals surface area contributed by atoms with Crippen molar-refractivity contribution >= 4 is 28.4 Å². The summed E-state index contributed by atoms with van der Waals surface area (Å²) < 4.78 is 12.9. The highest BCUT2D eigenvalue weighted by atomic mass is 32.1. The molecule has 0 saturated heterocycles. The summed E-state index contributed by atoms with van der Waals surface area (Å²) in [6.07, 6.45) is 6.47. The first kappa shape index (κ1) is 19.8. The van der Waals surface area contributed by atoms with Gasteiger partial charge in [-0.05, 0) is 42.8 Å². The first-order chi connectivity index (χ1) is 14.7. The molecule has 0 amide bonds. The Labute approximate surface area is 177 Å². The van der Waals surface area contributed by atoms with Gasteiger partial charge in [-0.1, -0.05) is 48.6 Å². The number of hydrogen-bond acceptors (Lipinski definition) is 6. The van der Waals surface area contributed by atoms with E-state index < -0.39 is 0 Å². The third kappa shape index (κ3) is 4.11. The van der Waals surface area contributed by atoms with Crippen molar-refractivity contribution in [3.8, 4) is 22.9 Å². The van der Waals surface area contributed by atoms with Gasteiger partial charge in [-0.25, -0.2) is 0 Å². The number of fused-ring (bicyclic) bond motifs is 1. The molecule has 0 unspecified atom stereocenters. The van der Waals surface area contributed by atoms with E-state index in [-0.39, 0.29) is 5.56 Å². The van der Waals surface area contributed by atoms with E-state index in [0.29, 0.717) is 21.9 Å². The summed E-state index contributed by atoms with van der Waals surface area (Å²) in [6.45, 7) is 2.75. The molecule has 0 spiro atoms. The highest BCUT2D eigenvalue weighted by Gasteiger charge is 2.11. The average molecular weight is 420 g/mol. The predicted molar refractivity (Wildman–Crippen MR) is 120 cm³/mol. The molecule has 0 saturated carbocycles. The van der Waals surface area contributed by atoms with Gasteiger partial charge in [-0.15, -0.1) is 5.10 Å². The van der Waals surface area contributed by atoms with E-state index >= 15 is 0 Å². The summed E-state index contributed by atoms with van der Waals surface area (Å²) in [5.74, 6) is 2.12. The topological polar surface area (TPSA) is 65.7 Å². The Balaban J connectivity index is 1.59. The van der Waals surface area contributed by atoms with Crippen molar-refractivity contribution in [1.29, 1.82) is 0 Å². The molecule has 0 aliphatic heterocycles. The summed E-state index contributed by atoms with van der Waals surface area (Å²) in [4.78, 5) is 17.8. The minimum atomic E-state index is -0.179. The Morgan fingerprint density at radius 2 is 1.93 bits per heavy atom. The van der Waals surface area contributed by atoms with Crippen LogP contribution in [-0.4, -0.2) is 28.3 Å². The normalized spacial score (nSPS) is 12.1. The quantitative estimate of drug-likeness (QED) is 0.456. The second-order valence-corrected chi connectivity index (χ2v) is 7.55. The largest absolute Gasteiger partial charge is 0.496 e. The Kier molecular flexibility index (Phi) is 5.90. The smallest absolute Gasteiger partial charge is 0.291 e. The highest BCUT2D eigenvalue weighted by Crippen LogP contribution is 2.21. The van der Waals surface area contributed by atoms with Gasteiger partial charge in [0.25, 0.3) is 5.56 Å². The molecule has 2 aromatic carbocycles. The van der Waals surface area contributed by atoms with Crippen LogP contribution in [0, 0.1) is 0 Å². The molecular formula is C23H21N3O3S. The number of ether oxygens (including phenoxy) is 2. The van der Waals surface area contributed by atoms with Crippen LogP contribution in [0.2, 0.25) is 0 Å². The van der Waals surface area contributed by atoms with Crippen molar-refractivity contribution in [2.75, 3.05) is 13.7 Å². The molecule has 2 heterocycles. The molecule has 0 radical (unpaired) electrons. The van der Waals surface area contributed by atoms with E-state index in [1.54, 1.807) is 13.2 Å². The maximum absolute atomic E-state index is 12.7. The molecule has 4 aromatic rings. The zero-order chi connectivity index (χ0) is 20.9. The minimum absolute atomic E-state index is 0.179. The number of rotatable bonds is 7. The van der Waals surface area contributed by atoms with Crippen LogP contribution in [0.4, 0.5) is 0 Å². The molecule has 0 N–H and O–H groups in total. The second-order valence-electron chi connectivity index (χ2n) is 6.54. The fraction of sp³-hybridized carbons (Fsp3) is 0.174. The zero-order valence-corrected chi connectivity index (χ0v) is 17.6. The van der Waals surface area contributed by atoms with Crippen LogP contribution in [-0.2, 0) is 0 Å². The van der Waals surface area contributed by atoms with Crippen molar-refractivity contribution in [1.82, 2.24) is 14.6 Å². The van der Waals surface area contributed by atoms with E-state index in [0.717, 1.165) is 29.0 Å². The van der Waals surface area contributed by atoms with Crippen molar-refractivity contribution in [2.24, 2.45) is 0 Å². The van der Waals surface area contributed by atoms with Gasteiger partial charge in [0, 0.05) is 11.1 Å². The van der Waals surface area contributed by atoms with Crippen LogP contribution in [0.5, 0.6) is 11.5 Å². The number of aromatic nitrogens is 3. The number of allylic oxidation sites excluding steroid dienone is 1. The first-order valence-corrected chi connectivity index (χ1v) is 10.5.